The van der Waals surface area contributed by atoms with Crippen molar-refractivity contribution in [1.29, 1.82) is 0 Å². The number of carboxylic acid groups (broad SMARTS) is 1. The minimum Gasteiger partial charge on any atom is -0.481 e. The standard InChI is InChI=1S/C12H24N2O3/c1-5-7-9(3)13-12(17)14(6-2)10(4)8-11(15)16/h9-10H,5-8H2,1-4H3,(H,13,17)(H,15,16). The average molecular weight is 244 g/mol. The maximum Gasteiger partial charge on any atom is 0.317 e. The minimum absolute atomic E-state index is 0.0244. The number of hydrogen-bond donors (Lipinski definition) is 2. The lowest BCUT2D eigenvalue weighted by Crippen LogP contribution is -2.48. The summed E-state index contributed by atoms with van der Waals surface area (Å²) in [6.07, 6.45) is 1.91. The average Bonchev–Trinajstić information content (AvgIpc) is 2.17. The molecule has 2 unspecified atom stereocenters. The van der Waals surface area contributed by atoms with E-state index >= 15 is 0 Å². The van der Waals surface area contributed by atoms with Crippen molar-refractivity contribution in [2.75, 3.05) is 6.54 Å². The van der Waals surface area contributed by atoms with Crippen LogP contribution in [0, 0.1) is 0 Å². The number of rotatable bonds is 7. The summed E-state index contributed by atoms with van der Waals surface area (Å²) in [6.45, 7) is 8.13. The minimum atomic E-state index is -0.884. The van der Waals surface area contributed by atoms with Crippen molar-refractivity contribution in [1.82, 2.24) is 10.2 Å². The molecule has 0 radical (unpaired) electrons. The maximum atomic E-state index is 11.9. The molecule has 0 saturated heterocycles. The van der Waals surface area contributed by atoms with E-state index in [4.69, 9.17) is 5.11 Å². The van der Waals surface area contributed by atoms with Gasteiger partial charge in [-0.25, -0.2) is 4.79 Å². The highest BCUT2D eigenvalue weighted by Crippen LogP contribution is 2.05. The van der Waals surface area contributed by atoms with Crippen LogP contribution < -0.4 is 5.32 Å². The van der Waals surface area contributed by atoms with Gasteiger partial charge >= 0.3 is 12.0 Å². The molecule has 2 atom stereocenters. The van der Waals surface area contributed by atoms with E-state index in [2.05, 4.69) is 12.2 Å². The number of carbonyl (C=O) groups is 2. The Labute approximate surface area is 103 Å². The quantitative estimate of drug-likeness (QED) is 0.720. The van der Waals surface area contributed by atoms with Gasteiger partial charge < -0.3 is 15.3 Å². The van der Waals surface area contributed by atoms with Gasteiger partial charge in [0, 0.05) is 18.6 Å². The lowest BCUT2D eigenvalue weighted by Gasteiger charge is -2.28. The molecular weight excluding hydrogens is 220 g/mol. The molecule has 0 rings (SSSR count). The van der Waals surface area contributed by atoms with Crippen molar-refractivity contribution in [3.63, 3.8) is 0 Å². The summed E-state index contributed by atoms with van der Waals surface area (Å²) in [5, 5.41) is 11.6. The van der Waals surface area contributed by atoms with Crippen LogP contribution in [0.4, 0.5) is 4.79 Å². The second kappa shape index (κ2) is 7.92. The Morgan fingerprint density at radius 1 is 1.29 bits per heavy atom. The molecule has 0 bridgehead atoms. The molecule has 5 nitrogen and oxygen atoms in total. The maximum absolute atomic E-state index is 11.9. The third-order valence-corrected chi connectivity index (χ3v) is 2.70. The molecule has 0 aliphatic heterocycles. The molecule has 2 N–H and O–H groups in total. The van der Waals surface area contributed by atoms with Crippen LogP contribution in [0.3, 0.4) is 0 Å². The molecule has 0 fully saturated rings. The van der Waals surface area contributed by atoms with Crippen molar-refractivity contribution < 1.29 is 14.7 Å². The molecule has 0 aromatic carbocycles. The van der Waals surface area contributed by atoms with E-state index < -0.39 is 5.97 Å². The molecule has 0 saturated carbocycles. The highest BCUT2D eigenvalue weighted by Gasteiger charge is 2.21. The van der Waals surface area contributed by atoms with E-state index in [9.17, 15) is 9.59 Å². The van der Waals surface area contributed by atoms with Crippen LogP contribution in [0.2, 0.25) is 0 Å². The van der Waals surface area contributed by atoms with E-state index in [0.717, 1.165) is 12.8 Å². The van der Waals surface area contributed by atoms with E-state index in [1.807, 2.05) is 13.8 Å². The Morgan fingerprint density at radius 3 is 2.29 bits per heavy atom. The molecule has 0 aliphatic rings. The number of hydrogen-bond acceptors (Lipinski definition) is 2. The Hall–Kier alpha value is -1.26. The fraction of sp³-hybridized carbons (Fsp3) is 0.833. The Morgan fingerprint density at radius 2 is 1.88 bits per heavy atom. The molecule has 2 amide bonds. The van der Waals surface area contributed by atoms with Crippen molar-refractivity contribution in [3.05, 3.63) is 0 Å². The fourth-order valence-corrected chi connectivity index (χ4v) is 1.82. The first-order valence-electron chi connectivity index (χ1n) is 6.21. The van der Waals surface area contributed by atoms with Gasteiger partial charge in [0.25, 0.3) is 0 Å². The van der Waals surface area contributed by atoms with Gasteiger partial charge in [-0.05, 0) is 27.2 Å². The molecule has 0 heterocycles. The largest absolute Gasteiger partial charge is 0.481 e. The van der Waals surface area contributed by atoms with Gasteiger partial charge in [-0.2, -0.15) is 0 Å². The summed E-state index contributed by atoms with van der Waals surface area (Å²) < 4.78 is 0. The molecule has 0 spiro atoms. The number of carbonyl (C=O) groups excluding carboxylic acids is 1. The second-order valence-corrected chi connectivity index (χ2v) is 4.37. The van der Waals surface area contributed by atoms with Crippen molar-refractivity contribution >= 4 is 12.0 Å². The highest BCUT2D eigenvalue weighted by molar-refractivity contribution is 5.76. The summed E-state index contributed by atoms with van der Waals surface area (Å²) in [6, 6.07) is -0.341. The molecular formula is C12H24N2O3. The molecule has 100 valence electrons. The zero-order valence-electron chi connectivity index (χ0n) is 11.2. The van der Waals surface area contributed by atoms with Gasteiger partial charge in [-0.1, -0.05) is 13.3 Å². The van der Waals surface area contributed by atoms with Gasteiger partial charge in [0.1, 0.15) is 0 Å². The first-order valence-corrected chi connectivity index (χ1v) is 6.21. The number of amides is 2. The van der Waals surface area contributed by atoms with Crippen LogP contribution in [0.15, 0.2) is 0 Å². The fourth-order valence-electron chi connectivity index (χ4n) is 1.82. The van der Waals surface area contributed by atoms with Crippen LogP contribution in [0.25, 0.3) is 0 Å². The zero-order valence-corrected chi connectivity index (χ0v) is 11.2. The van der Waals surface area contributed by atoms with Crippen molar-refractivity contribution in [3.8, 4) is 0 Å². The smallest absolute Gasteiger partial charge is 0.317 e. The lowest BCUT2D eigenvalue weighted by atomic mass is 10.2. The number of carboxylic acids is 1. The van der Waals surface area contributed by atoms with Crippen LogP contribution >= 0.6 is 0 Å². The zero-order chi connectivity index (χ0) is 13.4. The highest BCUT2D eigenvalue weighted by atomic mass is 16.4. The summed E-state index contributed by atoms with van der Waals surface area (Å²) in [4.78, 5) is 24.1. The van der Waals surface area contributed by atoms with Gasteiger partial charge in [0.05, 0.1) is 6.42 Å². The molecule has 0 aromatic rings. The predicted octanol–water partition coefficient (Wildman–Crippen LogP) is 2.07. The van der Waals surface area contributed by atoms with E-state index in [-0.39, 0.29) is 24.5 Å². The Kier molecular flexibility index (Phi) is 7.34. The van der Waals surface area contributed by atoms with E-state index in [0.29, 0.717) is 6.54 Å². The van der Waals surface area contributed by atoms with E-state index in [1.165, 1.54) is 0 Å². The summed E-state index contributed by atoms with van der Waals surface area (Å²) >= 11 is 0. The van der Waals surface area contributed by atoms with Gasteiger partial charge in [0.2, 0.25) is 0 Å². The number of aliphatic carboxylic acids is 1. The summed E-state index contributed by atoms with van der Waals surface area (Å²) in [7, 11) is 0. The second-order valence-electron chi connectivity index (χ2n) is 4.37. The lowest BCUT2D eigenvalue weighted by molar-refractivity contribution is -0.138. The first kappa shape index (κ1) is 15.7. The molecule has 0 aliphatic carbocycles. The first-order chi connectivity index (χ1) is 7.92. The van der Waals surface area contributed by atoms with Crippen molar-refractivity contribution in [2.24, 2.45) is 0 Å². The SMILES string of the molecule is CCCC(C)NC(=O)N(CC)C(C)CC(=O)O. The molecule has 0 aromatic heterocycles. The van der Waals surface area contributed by atoms with Gasteiger partial charge in [-0.3, -0.25) is 4.79 Å². The topological polar surface area (TPSA) is 69.6 Å². The molecule has 5 heteroatoms. The normalized spacial score (nSPS) is 13.9. The third kappa shape index (κ3) is 6.14. The Bertz CT molecular complexity index is 256. The van der Waals surface area contributed by atoms with Crippen LogP contribution in [0.5, 0.6) is 0 Å². The van der Waals surface area contributed by atoms with Crippen molar-refractivity contribution in [2.45, 2.75) is 59.0 Å². The number of nitrogens with zero attached hydrogens (tertiary/aromatic N) is 1. The number of urea groups is 1. The Balaban J connectivity index is 4.33. The van der Waals surface area contributed by atoms with Crippen LogP contribution in [0.1, 0.15) is 47.0 Å². The van der Waals surface area contributed by atoms with E-state index in [1.54, 1.807) is 11.8 Å². The van der Waals surface area contributed by atoms with Gasteiger partial charge in [-0.15, -0.1) is 0 Å². The third-order valence-electron chi connectivity index (χ3n) is 2.70. The number of nitrogens with one attached hydrogen (secondary N) is 1. The monoisotopic (exact) mass is 244 g/mol. The molecule has 17 heavy (non-hydrogen) atoms. The summed E-state index contributed by atoms with van der Waals surface area (Å²) in [5.41, 5.74) is 0. The van der Waals surface area contributed by atoms with Crippen LogP contribution in [-0.2, 0) is 4.79 Å². The van der Waals surface area contributed by atoms with Gasteiger partial charge in [0.15, 0.2) is 0 Å². The van der Waals surface area contributed by atoms with Crippen LogP contribution in [-0.4, -0.2) is 40.6 Å². The summed E-state index contributed by atoms with van der Waals surface area (Å²) in [5.74, 6) is -0.884. The predicted molar refractivity (Wildman–Crippen MR) is 67.0 cm³/mol.